The summed E-state index contributed by atoms with van der Waals surface area (Å²) in [6, 6.07) is 38.9. The van der Waals surface area contributed by atoms with E-state index in [1.54, 1.807) is 42.5 Å². The summed E-state index contributed by atoms with van der Waals surface area (Å²) in [6.07, 6.45) is 0.0223. The molecule has 4 unspecified atom stereocenters. The second-order valence-corrected chi connectivity index (χ2v) is 13.8. The van der Waals surface area contributed by atoms with Gasteiger partial charge in [0.2, 0.25) is 10.0 Å². The van der Waals surface area contributed by atoms with Gasteiger partial charge in [-0.1, -0.05) is 109 Å². The first-order valence-corrected chi connectivity index (χ1v) is 17.4. The number of sulfonamides is 1. The number of aliphatic hydroxyl groups excluding tert-OH is 1. The molecule has 6 rings (SSSR count). The topological polar surface area (TPSA) is 112 Å². The van der Waals surface area contributed by atoms with Crippen LogP contribution in [0.1, 0.15) is 46.1 Å². The number of aliphatic hydroxyl groups is 1. The van der Waals surface area contributed by atoms with Crippen molar-refractivity contribution in [2.75, 3.05) is 5.75 Å². The normalized spacial score (nSPS) is 19.9. The van der Waals surface area contributed by atoms with Crippen LogP contribution in [0.5, 0.6) is 0 Å². The van der Waals surface area contributed by atoms with Gasteiger partial charge in [0.1, 0.15) is 0 Å². The van der Waals surface area contributed by atoms with Crippen LogP contribution in [0.4, 0.5) is 0 Å². The molecule has 0 spiro atoms. The van der Waals surface area contributed by atoms with Crippen LogP contribution in [0.15, 0.2) is 144 Å². The van der Waals surface area contributed by atoms with E-state index in [0.717, 1.165) is 32.5 Å². The van der Waals surface area contributed by atoms with Gasteiger partial charge in [-0.25, -0.2) is 13.1 Å². The molecular formula is C36H34N2O6S2. The minimum absolute atomic E-state index is 0.0565. The van der Waals surface area contributed by atoms with Crippen molar-refractivity contribution in [1.82, 2.24) is 4.72 Å². The molecule has 1 saturated heterocycles. The van der Waals surface area contributed by atoms with Gasteiger partial charge in [-0.05, 0) is 40.5 Å². The summed E-state index contributed by atoms with van der Waals surface area (Å²) in [5.41, 5.74) is 4.37. The van der Waals surface area contributed by atoms with Gasteiger partial charge in [0.05, 0.1) is 23.7 Å². The van der Waals surface area contributed by atoms with Crippen LogP contribution < -0.4 is 9.45 Å². The van der Waals surface area contributed by atoms with E-state index in [1.165, 1.54) is 18.0 Å². The Kier molecular flexibility index (Phi) is 10.1. The average Bonchev–Trinajstić information content (AvgIpc) is 3.11. The predicted molar refractivity (Wildman–Crippen MR) is 176 cm³/mol. The minimum Gasteiger partial charge on any atom is -0.618 e. The maximum Gasteiger partial charge on any atom is 0.251 e. The van der Waals surface area contributed by atoms with Crippen LogP contribution in [0.2, 0.25) is 0 Å². The quantitative estimate of drug-likeness (QED) is 0.102. The number of pyridine rings is 1. The number of nitrogens with zero attached hydrogens (tertiary/aromatic N) is 1. The largest absolute Gasteiger partial charge is 0.618 e. The van der Waals surface area contributed by atoms with Crippen molar-refractivity contribution in [3.63, 3.8) is 0 Å². The van der Waals surface area contributed by atoms with Crippen molar-refractivity contribution in [3.05, 3.63) is 167 Å². The molecule has 4 aromatic carbocycles. The fourth-order valence-corrected chi connectivity index (χ4v) is 7.52. The molecule has 5 aromatic rings. The van der Waals surface area contributed by atoms with Crippen molar-refractivity contribution in [1.29, 1.82) is 0 Å². The van der Waals surface area contributed by atoms with Gasteiger partial charge in [-0.15, -0.1) is 0 Å². The van der Waals surface area contributed by atoms with Crippen LogP contribution in [0, 0.1) is 5.21 Å². The van der Waals surface area contributed by atoms with Gasteiger partial charge in [-0.2, -0.15) is 4.73 Å². The first-order chi connectivity index (χ1) is 22.4. The Morgan fingerprint density at radius 3 is 2.04 bits per heavy atom. The van der Waals surface area contributed by atoms with Gasteiger partial charge in [-0.3, -0.25) is 0 Å². The van der Waals surface area contributed by atoms with Gasteiger partial charge in [0.25, 0.3) is 5.03 Å². The number of hydrogen-bond donors (Lipinski definition) is 2. The number of ether oxygens (including phenoxy) is 2. The third-order valence-electron chi connectivity index (χ3n) is 7.93. The zero-order chi connectivity index (χ0) is 31.9. The first kappa shape index (κ1) is 31.9. The zero-order valence-corrected chi connectivity index (χ0v) is 26.5. The highest BCUT2D eigenvalue weighted by Crippen LogP contribution is 2.47. The van der Waals surface area contributed by atoms with Crippen LogP contribution in [-0.4, -0.2) is 25.4 Å². The van der Waals surface area contributed by atoms with Crippen LogP contribution in [-0.2, 0) is 32.6 Å². The van der Waals surface area contributed by atoms with Crippen molar-refractivity contribution in [2.24, 2.45) is 0 Å². The fourth-order valence-electron chi connectivity index (χ4n) is 5.50. The highest BCUT2D eigenvalue weighted by molar-refractivity contribution is 7.99. The lowest BCUT2D eigenvalue weighted by atomic mass is 9.84. The van der Waals surface area contributed by atoms with E-state index in [1.807, 2.05) is 72.8 Å². The van der Waals surface area contributed by atoms with Crippen molar-refractivity contribution >= 4 is 21.8 Å². The third kappa shape index (κ3) is 7.50. The summed E-state index contributed by atoms with van der Waals surface area (Å²) in [7, 11) is -3.65. The molecule has 0 amide bonds. The molecule has 1 fully saturated rings. The molecule has 0 radical (unpaired) electrons. The first-order valence-electron chi connectivity index (χ1n) is 14.9. The van der Waals surface area contributed by atoms with Crippen molar-refractivity contribution in [3.8, 4) is 0 Å². The summed E-state index contributed by atoms with van der Waals surface area (Å²) < 4.78 is 42.4. The number of nitrogens with one attached hydrogen (secondary N) is 1. The maximum absolute atomic E-state index is 12.7. The lowest BCUT2D eigenvalue weighted by molar-refractivity contribution is -0.645. The monoisotopic (exact) mass is 654 g/mol. The number of rotatable bonds is 11. The SMILES string of the molecule is O=S(=O)(NCc1ccc(C2OC(CSc3cccc[n+]3[O-])C(c3ccccc3)C(c3ccc(CO)cc3)O2)cc1)c1ccccc1. The fraction of sp³-hybridized carbons (Fsp3) is 0.194. The lowest BCUT2D eigenvalue weighted by Gasteiger charge is -2.43. The van der Waals surface area contributed by atoms with E-state index in [0.29, 0.717) is 10.8 Å². The third-order valence-corrected chi connectivity index (χ3v) is 10.5. The van der Waals surface area contributed by atoms with Gasteiger partial charge in [0, 0.05) is 35.9 Å². The Bertz CT molecular complexity index is 1820. The number of benzene rings is 4. The smallest absolute Gasteiger partial charge is 0.251 e. The predicted octanol–water partition coefficient (Wildman–Crippen LogP) is 6.02. The van der Waals surface area contributed by atoms with Crippen LogP contribution >= 0.6 is 11.8 Å². The van der Waals surface area contributed by atoms with E-state index >= 15 is 0 Å². The molecule has 2 N–H and O–H groups in total. The Morgan fingerprint density at radius 1 is 0.739 bits per heavy atom. The maximum atomic E-state index is 12.7. The van der Waals surface area contributed by atoms with E-state index < -0.39 is 22.4 Å². The van der Waals surface area contributed by atoms with E-state index in [-0.39, 0.29) is 30.1 Å². The van der Waals surface area contributed by atoms with Gasteiger partial charge >= 0.3 is 0 Å². The molecule has 46 heavy (non-hydrogen) atoms. The molecule has 0 saturated carbocycles. The number of hydrogen-bond acceptors (Lipinski definition) is 7. The molecule has 0 aliphatic carbocycles. The van der Waals surface area contributed by atoms with E-state index in [2.05, 4.69) is 16.9 Å². The van der Waals surface area contributed by atoms with Crippen LogP contribution in [0.3, 0.4) is 0 Å². The standard InChI is InChI=1S/C36H34N2O6S2/c39-24-27-16-18-29(19-17-27)35-34(28-9-3-1-4-10-28)32(25-45-33-13-7-8-22-38(33)40)43-36(44-35)30-20-14-26(15-21-30)23-37-46(41,42)31-11-5-2-6-12-31/h1-22,32,34-37,39H,23-25H2. The Labute approximate surface area is 273 Å². The van der Waals surface area contributed by atoms with Gasteiger partial charge in [0.15, 0.2) is 12.5 Å². The summed E-state index contributed by atoms with van der Waals surface area (Å²) in [5.74, 6) is 0.302. The Hall–Kier alpha value is -4.03. The molecule has 4 atom stereocenters. The summed E-state index contributed by atoms with van der Waals surface area (Å²) >= 11 is 1.43. The van der Waals surface area contributed by atoms with Crippen LogP contribution in [0.25, 0.3) is 0 Å². The Balaban J connectivity index is 1.28. The molecular weight excluding hydrogens is 621 g/mol. The summed E-state index contributed by atoms with van der Waals surface area (Å²) in [5, 5.41) is 22.7. The Morgan fingerprint density at radius 2 is 1.37 bits per heavy atom. The second kappa shape index (κ2) is 14.6. The molecule has 1 aromatic heterocycles. The summed E-state index contributed by atoms with van der Waals surface area (Å²) in [4.78, 5) is 0.212. The molecule has 1 aliphatic heterocycles. The number of thioether (sulfide) groups is 1. The lowest BCUT2D eigenvalue weighted by Crippen LogP contribution is -2.39. The second-order valence-electron chi connectivity index (χ2n) is 11.0. The number of aromatic nitrogens is 1. The highest BCUT2D eigenvalue weighted by Gasteiger charge is 2.42. The van der Waals surface area contributed by atoms with E-state index in [9.17, 15) is 18.7 Å². The van der Waals surface area contributed by atoms with E-state index in [4.69, 9.17) is 9.47 Å². The van der Waals surface area contributed by atoms with Gasteiger partial charge < -0.3 is 19.8 Å². The van der Waals surface area contributed by atoms with Crippen molar-refractivity contribution < 1.29 is 27.7 Å². The molecule has 1 aliphatic rings. The molecule has 236 valence electrons. The zero-order valence-electron chi connectivity index (χ0n) is 24.9. The van der Waals surface area contributed by atoms with Crippen molar-refractivity contribution in [2.45, 2.75) is 47.5 Å². The summed E-state index contributed by atoms with van der Waals surface area (Å²) in [6.45, 7) is 0.0738. The molecule has 0 bridgehead atoms. The highest BCUT2D eigenvalue weighted by atomic mass is 32.2. The average molecular weight is 655 g/mol. The molecule has 10 heteroatoms. The molecule has 2 heterocycles. The molecule has 8 nitrogen and oxygen atoms in total. The minimum atomic E-state index is -3.65.